The lowest BCUT2D eigenvalue weighted by molar-refractivity contribution is -0.138. The standard InChI is InChI=1S/C8H17N3O.C5H10O2/c1-8-7-9-3-4-11(8)10(2)5-6-12;1-5(2,3)7-4-6/h6,8-9H,3-5,7H2,1-2H3;4H,1-3H3. The molecule has 0 aromatic carbocycles. The van der Waals surface area contributed by atoms with E-state index in [2.05, 4.69) is 22.0 Å². The molecule has 6 nitrogen and oxygen atoms in total. The first-order chi connectivity index (χ1) is 8.81. The number of likely N-dealkylation sites (N-methyl/N-ethyl adjacent to an activating group) is 1. The molecule has 1 heterocycles. The number of nitrogens with zero attached hydrogens (tertiary/aromatic N) is 2. The van der Waals surface area contributed by atoms with Crippen molar-refractivity contribution in [2.75, 3.05) is 33.2 Å². The Morgan fingerprint density at radius 3 is 2.42 bits per heavy atom. The molecule has 1 rings (SSSR count). The first-order valence-electron chi connectivity index (χ1n) is 6.55. The molecule has 1 unspecified atom stereocenters. The minimum atomic E-state index is -0.318. The molecular weight excluding hydrogens is 246 g/mol. The fourth-order valence-corrected chi connectivity index (χ4v) is 1.69. The number of piperazine rings is 1. The van der Waals surface area contributed by atoms with Crippen LogP contribution in [0.1, 0.15) is 27.7 Å². The van der Waals surface area contributed by atoms with Crippen LogP contribution in [-0.4, -0.2) is 67.6 Å². The van der Waals surface area contributed by atoms with Gasteiger partial charge in [-0.2, -0.15) is 0 Å². The zero-order chi connectivity index (χ0) is 14.9. The predicted molar refractivity (Wildman–Crippen MR) is 74.6 cm³/mol. The van der Waals surface area contributed by atoms with Crippen LogP contribution in [0, 0.1) is 0 Å². The number of ether oxygens (including phenoxy) is 1. The van der Waals surface area contributed by atoms with E-state index in [0.29, 0.717) is 19.1 Å². The summed E-state index contributed by atoms with van der Waals surface area (Å²) in [4.78, 5) is 19.9. The first kappa shape index (κ1) is 18.0. The van der Waals surface area contributed by atoms with E-state index in [1.165, 1.54) is 0 Å². The summed E-state index contributed by atoms with van der Waals surface area (Å²) >= 11 is 0. The maximum absolute atomic E-state index is 10.3. The number of rotatable bonds is 4. The van der Waals surface area contributed by atoms with Gasteiger partial charge < -0.3 is 14.8 Å². The molecule has 1 N–H and O–H groups in total. The van der Waals surface area contributed by atoms with Crippen molar-refractivity contribution in [3.8, 4) is 0 Å². The maximum Gasteiger partial charge on any atom is 0.293 e. The molecule has 0 spiro atoms. The Balaban J connectivity index is 0.000000399. The maximum atomic E-state index is 10.3. The van der Waals surface area contributed by atoms with E-state index in [0.717, 1.165) is 25.9 Å². The van der Waals surface area contributed by atoms with Crippen molar-refractivity contribution in [1.82, 2.24) is 15.3 Å². The van der Waals surface area contributed by atoms with Crippen LogP contribution in [-0.2, 0) is 14.3 Å². The molecule has 1 atom stereocenters. The Kier molecular flexibility index (Phi) is 8.54. The molecule has 19 heavy (non-hydrogen) atoms. The van der Waals surface area contributed by atoms with Crippen molar-refractivity contribution in [2.45, 2.75) is 39.3 Å². The van der Waals surface area contributed by atoms with Crippen LogP contribution in [0.2, 0.25) is 0 Å². The summed E-state index contributed by atoms with van der Waals surface area (Å²) in [5, 5.41) is 7.52. The Labute approximate surface area is 116 Å². The number of carbonyl (C=O) groups excluding carboxylic acids is 2. The number of aldehydes is 1. The first-order valence-corrected chi connectivity index (χ1v) is 6.55. The van der Waals surface area contributed by atoms with Crippen molar-refractivity contribution >= 4 is 12.8 Å². The normalized spacial score (nSPS) is 20.4. The van der Waals surface area contributed by atoms with Gasteiger partial charge in [0.2, 0.25) is 0 Å². The van der Waals surface area contributed by atoms with Gasteiger partial charge in [0.15, 0.2) is 0 Å². The Morgan fingerprint density at radius 1 is 1.42 bits per heavy atom. The van der Waals surface area contributed by atoms with Gasteiger partial charge in [-0.05, 0) is 27.7 Å². The van der Waals surface area contributed by atoms with Gasteiger partial charge in [-0.3, -0.25) is 4.79 Å². The molecule has 0 radical (unpaired) electrons. The molecule has 112 valence electrons. The summed E-state index contributed by atoms with van der Waals surface area (Å²) in [7, 11) is 1.95. The van der Waals surface area contributed by atoms with Crippen LogP contribution in [0.25, 0.3) is 0 Å². The van der Waals surface area contributed by atoms with Crippen molar-refractivity contribution in [1.29, 1.82) is 0 Å². The summed E-state index contributed by atoms with van der Waals surface area (Å²) in [6, 6.07) is 0.490. The van der Waals surface area contributed by atoms with Crippen LogP contribution >= 0.6 is 0 Å². The Bertz CT molecular complexity index is 266. The van der Waals surface area contributed by atoms with Crippen LogP contribution in [0.5, 0.6) is 0 Å². The molecule has 1 fully saturated rings. The fraction of sp³-hybridized carbons (Fsp3) is 0.846. The highest BCUT2D eigenvalue weighted by molar-refractivity contribution is 5.51. The van der Waals surface area contributed by atoms with E-state index in [1.54, 1.807) is 0 Å². The lowest BCUT2D eigenvalue weighted by Gasteiger charge is -2.39. The number of hydrogen-bond donors (Lipinski definition) is 1. The molecular formula is C13H27N3O3. The monoisotopic (exact) mass is 273 g/mol. The van der Waals surface area contributed by atoms with E-state index >= 15 is 0 Å². The summed E-state index contributed by atoms with van der Waals surface area (Å²) in [6.45, 7) is 11.6. The number of nitrogens with one attached hydrogen (secondary N) is 1. The van der Waals surface area contributed by atoms with Gasteiger partial charge in [0, 0.05) is 32.7 Å². The zero-order valence-electron chi connectivity index (χ0n) is 12.7. The van der Waals surface area contributed by atoms with E-state index in [4.69, 9.17) is 0 Å². The second-order valence-electron chi connectivity index (χ2n) is 5.55. The van der Waals surface area contributed by atoms with Crippen molar-refractivity contribution in [3.05, 3.63) is 0 Å². The largest absolute Gasteiger partial charge is 0.462 e. The topological polar surface area (TPSA) is 61.9 Å². The third kappa shape index (κ3) is 8.69. The molecule has 1 aliphatic heterocycles. The smallest absolute Gasteiger partial charge is 0.293 e. The van der Waals surface area contributed by atoms with E-state index in [1.807, 2.05) is 32.8 Å². The summed E-state index contributed by atoms with van der Waals surface area (Å²) in [5.41, 5.74) is -0.318. The number of carbonyl (C=O) groups is 2. The highest BCUT2D eigenvalue weighted by atomic mass is 16.5. The Hall–Kier alpha value is -0.980. The third-order valence-corrected chi connectivity index (χ3v) is 2.65. The average Bonchev–Trinajstić information content (AvgIpc) is 2.29. The second kappa shape index (κ2) is 9.01. The molecule has 1 aliphatic rings. The van der Waals surface area contributed by atoms with Crippen molar-refractivity contribution < 1.29 is 14.3 Å². The predicted octanol–water partition coefficient (Wildman–Crippen LogP) is 0.284. The highest BCUT2D eigenvalue weighted by Crippen LogP contribution is 2.04. The summed E-state index contributed by atoms with van der Waals surface area (Å²) < 4.78 is 4.55. The average molecular weight is 273 g/mol. The number of hydrazine groups is 1. The lowest BCUT2D eigenvalue weighted by Crippen LogP contribution is -2.56. The van der Waals surface area contributed by atoms with Gasteiger partial charge >= 0.3 is 0 Å². The summed E-state index contributed by atoms with van der Waals surface area (Å²) in [5.74, 6) is 0. The van der Waals surface area contributed by atoms with Crippen LogP contribution in [0.15, 0.2) is 0 Å². The quantitative estimate of drug-likeness (QED) is 0.743. The van der Waals surface area contributed by atoms with Crippen LogP contribution in [0.3, 0.4) is 0 Å². The van der Waals surface area contributed by atoms with Gasteiger partial charge in [-0.1, -0.05) is 0 Å². The van der Waals surface area contributed by atoms with Gasteiger partial charge in [-0.25, -0.2) is 10.0 Å². The third-order valence-electron chi connectivity index (χ3n) is 2.65. The number of hydrogen-bond acceptors (Lipinski definition) is 6. The lowest BCUT2D eigenvalue weighted by atomic mass is 10.2. The second-order valence-corrected chi connectivity index (χ2v) is 5.55. The zero-order valence-corrected chi connectivity index (χ0v) is 12.7. The van der Waals surface area contributed by atoms with Gasteiger partial charge in [0.1, 0.15) is 11.9 Å². The summed E-state index contributed by atoms with van der Waals surface area (Å²) in [6.07, 6.45) is 0.939. The molecule has 0 aromatic heterocycles. The van der Waals surface area contributed by atoms with Crippen molar-refractivity contribution in [2.24, 2.45) is 0 Å². The molecule has 6 heteroatoms. The molecule has 0 aromatic rings. The SMILES string of the molecule is CC(C)(C)OC=O.CC1CNCCN1N(C)CC=O. The minimum absolute atomic E-state index is 0.318. The van der Waals surface area contributed by atoms with Gasteiger partial charge in [0.25, 0.3) is 6.47 Å². The van der Waals surface area contributed by atoms with Gasteiger partial charge in [0.05, 0.1) is 6.54 Å². The highest BCUT2D eigenvalue weighted by Gasteiger charge is 2.20. The van der Waals surface area contributed by atoms with Gasteiger partial charge in [-0.15, -0.1) is 0 Å². The van der Waals surface area contributed by atoms with Crippen LogP contribution < -0.4 is 5.32 Å². The fourth-order valence-electron chi connectivity index (χ4n) is 1.69. The van der Waals surface area contributed by atoms with E-state index in [-0.39, 0.29) is 5.60 Å². The van der Waals surface area contributed by atoms with E-state index in [9.17, 15) is 9.59 Å². The molecule has 0 bridgehead atoms. The molecule has 0 amide bonds. The minimum Gasteiger partial charge on any atom is -0.462 e. The molecule has 0 aliphatic carbocycles. The molecule has 0 saturated carbocycles. The van der Waals surface area contributed by atoms with Crippen molar-refractivity contribution in [3.63, 3.8) is 0 Å². The van der Waals surface area contributed by atoms with E-state index < -0.39 is 0 Å². The van der Waals surface area contributed by atoms with Crippen LogP contribution in [0.4, 0.5) is 0 Å². The molecule has 1 saturated heterocycles. The Morgan fingerprint density at radius 2 is 2.05 bits per heavy atom.